The Morgan fingerprint density at radius 1 is 0.473 bits per heavy atom. The molecule has 0 saturated carbocycles. The van der Waals surface area contributed by atoms with Crippen LogP contribution in [-0.2, 0) is 44.5 Å². The molecule has 8 aromatic carbocycles. The van der Waals surface area contributed by atoms with Gasteiger partial charge in [-0.15, -0.1) is 0 Å². The normalized spacial score (nSPS) is 17.5. The average Bonchev–Trinajstić information content (AvgIpc) is 1.63. The van der Waals surface area contributed by atoms with Crippen LogP contribution in [0, 0.1) is 37.5 Å². The van der Waals surface area contributed by atoms with Crippen molar-refractivity contribution in [1.29, 1.82) is 0 Å². The molecule has 8 aromatic rings. The lowest BCUT2D eigenvalue weighted by atomic mass is 9.95. The molecule has 12 nitrogen and oxygen atoms in total. The average molecular weight is 1640 g/mol. The van der Waals surface area contributed by atoms with Crippen molar-refractivity contribution < 1.29 is 69.3 Å². The van der Waals surface area contributed by atoms with Crippen molar-refractivity contribution in [2.75, 3.05) is 77.5 Å². The molecule has 20 heteroatoms. The number of aryl methyl sites for hydroxylation is 3. The summed E-state index contributed by atoms with van der Waals surface area (Å²) in [5.74, 6) is 5.96. The molecule has 1 atom stereocenters. The van der Waals surface area contributed by atoms with Gasteiger partial charge in [0.15, 0.2) is 23.1 Å². The number of carbonyl (C=O) groups is 5. The van der Waals surface area contributed by atoms with Gasteiger partial charge in [0, 0.05) is 90.3 Å². The number of carbonyl (C=O) groups excluding carboxylic acids is 5. The highest BCUT2D eigenvalue weighted by molar-refractivity contribution is 9.11. The van der Waals surface area contributed by atoms with Gasteiger partial charge in [0.2, 0.25) is 0 Å². The van der Waals surface area contributed by atoms with E-state index in [0.29, 0.717) is 48.0 Å². The Labute approximate surface area is 658 Å². The predicted molar refractivity (Wildman–Crippen MR) is 430 cm³/mol. The van der Waals surface area contributed by atoms with E-state index in [1.807, 2.05) is 36.4 Å². The van der Waals surface area contributed by atoms with Gasteiger partial charge in [0.1, 0.15) is 29.3 Å². The number of piperidine rings is 3. The van der Waals surface area contributed by atoms with E-state index in [1.54, 1.807) is 39.5 Å². The van der Waals surface area contributed by atoms with Crippen molar-refractivity contribution in [3.8, 4) is 23.0 Å². The van der Waals surface area contributed by atoms with Crippen molar-refractivity contribution in [3.63, 3.8) is 0 Å². The number of ether oxygens (including phenoxy) is 4. The second-order valence-electron chi connectivity index (χ2n) is 29.4. The summed E-state index contributed by atoms with van der Waals surface area (Å²) >= 11 is 6.76. The molecule has 3 heterocycles. The van der Waals surface area contributed by atoms with Crippen LogP contribution in [0.2, 0.25) is 0 Å². The predicted octanol–water partition coefficient (Wildman–Crippen LogP) is 21.3. The van der Waals surface area contributed by atoms with Gasteiger partial charge in [-0.25, -0.2) is 0 Å². The van der Waals surface area contributed by atoms with Crippen molar-refractivity contribution in [2.24, 2.45) is 23.7 Å². The fourth-order valence-corrected chi connectivity index (χ4v) is 15.9. The number of allylic oxidation sites excluding steroid dienone is 2. The Morgan fingerprint density at radius 2 is 0.900 bits per heavy atom. The number of methoxy groups -OCH3 is 4. The van der Waals surface area contributed by atoms with Crippen LogP contribution in [0.3, 0.4) is 0 Å². The minimum Gasteiger partial charge on any atom is -0.496 e. The lowest BCUT2D eigenvalue weighted by molar-refractivity contribution is -0.138. The fourth-order valence-electron chi connectivity index (χ4n) is 14.7. The molecule has 4 aliphatic carbocycles. The second kappa shape index (κ2) is 37.7. The Morgan fingerprint density at radius 3 is 1.38 bits per heavy atom. The van der Waals surface area contributed by atoms with Crippen LogP contribution >= 0.6 is 31.9 Å². The van der Waals surface area contributed by atoms with Crippen molar-refractivity contribution in [2.45, 2.75) is 124 Å². The van der Waals surface area contributed by atoms with Crippen molar-refractivity contribution >= 4 is 84.8 Å². The molecule has 15 rings (SSSR count). The van der Waals surface area contributed by atoms with Crippen LogP contribution in [0.1, 0.15) is 179 Å². The van der Waals surface area contributed by atoms with Gasteiger partial charge in [-0.2, -0.15) is 26.3 Å². The number of ketones is 4. The van der Waals surface area contributed by atoms with Crippen LogP contribution in [0.25, 0.3) is 12.2 Å². The van der Waals surface area contributed by atoms with Crippen LogP contribution in [0.5, 0.6) is 23.0 Å². The third kappa shape index (κ3) is 21.5. The standard InChI is InChI=1S/C24H29NO2.C24H27NO2.C18H12BrF3O2.C10H9BrO2.C8H5F3O.C6H13N/c2*1-16-7-9-25(10-8-16)22-14-19-13-20(12-18-6-4-5-17(2)11-18)24(26)21(19)15-23(22)27-3;1-24-16-9-14-11(8-15(16)19)7-12(17(14)23)5-10-3-2-4-13(6-10)18(20,21)22;1-13-10-5-7-6(4-8(10)11)2-3-9(7)12;9-8(10,11)7-3-1-2-6(4-7)5-12;1-6-2-4-7-5-3-6/h4-6,11,14-16,20H,7-10,12-13H2,1-3H3;4-6,11-12,14-16H,7-10,13H2,1-3H3;2-6,8-9H,7H2,1H3;4-5H,2-3H2,1H3;1-5H;6-7H,2-5H2,1H3/b;20-12+;12-5+;;;. The number of alkyl halides is 6. The highest BCUT2D eigenvalue weighted by atomic mass is 79.9. The van der Waals surface area contributed by atoms with E-state index in [1.165, 1.54) is 105 Å². The van der Waals surface area contributed by atoms with E-state index in [9.17, 15) is 50.3 Å². The van der Waals surface area contributed by atoms with Gasteiger partial charge in [0.25, 0.3) is 0 Å². The smallest absolute Gasteiger partial charge is 0.416 e. The van der Waals surface area contributed by atoms with Gasteiger partial charge in [0.05, 0.1) is 59.9 Å². The lowest BCUT2D eigenvalue weighted by Gasteiger charge is -2.33. The summed E-state index contributed by atoms with van der Waals surface area (Å²) < 4.78 is 97.6. The summed E-state index contributed by atoms with van der Waals surface area (Å²) in [5.41, 5.74) is 14.5. The molecule has 1 N–H and O–H groups in total. The van der Waals surface area contributed by atoms with Crippen LogP contribution < -0.4 is 34.1 Å². The molecule has 580 valence electrons. The highest BCUT2D eigenvalue weighted by Crippen LogP contribution is 2.43. The van der Waals surface area contributed by atoms with Gasteiger partial charge < -0.3 is 34.1 Å². The van der Waals surface area contributed by atoms with Crippen LogP contribution in [-0.4, -0.2) is 97.1 Å². The summed E-state index contributed by atoms with van der Waals surface area (Å²) in [6.45, 7) is 17.9. The maximum Gasteiger partial charge on any atom is 0.416 e. The number of nitrogens with one attached hydrogen (secondary N) is 1. The first-order valence-electron chi connectivity index (χ1n) is 37.4. The molecule has 110 heavy (non-hydrogen) atoms. The molecule has 3 saturated heterocycles. The number of anilines is 2. The molecule has 7 aliphatic rings. The molecule has 0 aromatic heterocycles. The summed E-state index contributed by atoms with van der Waals surface area (Å²) in [5, 5.41) is 3.32. The fraction of sp³-hybridized carbons (Fsp3) is 0.367. The van der Waals surface area contributed by atoms with Gasteiger partial charge in [-0.1, -0.05) is 105 Å². The molecule has 0 spiro atoms. The molecular weight excluding hydrogens is 1540 g/mol. The minimum atomic E-state index is -4.41. The first-order chi connectivity index (χ1) is 52.5. The Kier molecular flexibility index (Phi) is 28.6. The Balaban J connectivity index is 0.000000147. The number of hydrogen-bond donors (Lipinski definition) is 1. The highest BCUT2D eigenvalue weighted by Gasteiger charge is 2.36. The first-order valence-corrected chi connectivity index (χ1v) is 39.0. The maximum atomic E-state index is 13.0. The van der Waals surface area contributed by atoms with E-state index in [2.05, 4.69) is 136 Å². The second-order valence-corrected chi connectivity index (χ2v) is 31.1. The topological polar surface area (TPSA) is 141 Å². The number of benzene rings is 8. The number of fused-ring (bicyclic) bond motifs is 4. The van der Waals surface area contributed by atoms with E-state index in [4.69, 9.17) is 18.9 Å². The summed E-state index contributed by atoms with van der Waals surface area (Å²) in [4.78, 5) is 64.8. The zero-order valence-electron chi connectivity index (χ0n) is 63.7. The molecule has 0 radical (unpaired) electrons. The monoisotopic (exact) mass is 1630 g/mol. The molecule has 0 bridgehead atoms. The Hall–Kier alpha value is -9.11. The number of rotatable bonds is 11. The minimum absolute atomic E-state index is 0.0322. The third-order valence-electron chi connectivity index (χ3n) is 21.2. The number of aldehydes is 1. The SMILES string of the molecule is CC1CCNCC1.COc1cc2c(cc1Br)C/C(=C\c1cccc(C(F)(F)F)c1)C2=O.COc1cc2c(cc1Br)CCC2=O.COc1cc2c(cc1N1CCC(C)CC1)C/C(=C\c1cccc(C)c1)C2=O.COc1cc2c(cc1N1CCC(C)CC1)CC(Cc1cccc(C)c1)C2=O.O=Cc1cccc(C(F)(F)F)c1. The van der Waals surface area contributed by atoms with E-state index in [0.717, 1.165) is 170 Å². The maximum absolute atomic E-state index is 13.0. The van der Waals surface area contributed by atoms with Gasteiger partial charge >= 0.3 is 12.4 Å². The number of Topliss-reactive ketones (excluding diaryl/α,β-unsaturated/α-hetero) is 4. The molecule has 3 aliphatic heterocycles. The summed E-state index contributed by atoms with van der Waals surface area (Å²) in [6, 6.07) is 41.5. The number of hydrogen-bond acceptors (Lipinski definition) is 12. The van der Waals surface area contributed by atoms with Crippen molar-refractivity contribution in [3.05, 3.63) is 255 Å². The third-order valence-corrected chi connectivity index (χ3v) is 22.4. The van der Waals surface area contributed by atoms with E-state index < -0.39 is 23.5 Å². The number of nitrogens with zero attached hydrogens (tertiary/aromatic N) is 2. The lowest BCUT2D eigenvalue weighted by Crippen LogP contribution is -2.33. The van der Waals surface area contributed by atoms with Crippen LogP contribution in [0.15, 0.2) is 166 Å². The zero-order chi connectivity index (χ0) is 79.1. The van der Waals surface area contributed by atoms with Gasteiger partial charge in [-0.05, 0) is 258 Å². The quantitative estimate of drug-likeness (QED) is 0.0749. The molecule has 1 unspecified atom stereocenters. The van der Waals surface area contributed by atoms with E-state index in [-0.39, 0.29) is 34.6 Å². The zero-order valence-corrected chi connectivity index (χ0v) is 66.9. The number of halogens is 8. The van der Waals surface area contributed by atoms with Crippen molar-refractivity contribution in [1.82, 2.24) is 5.32 Å². The van der Waals surface area contributed by atoms with Gasteiger partial charge in [-0.3, -0.25) is 24.0 Å². The summed E-state index contributed by atoms with van der Waals surface area (Å²) in [7, 11) is 6.51. The summed E-state index contributed by atoms with van der Waals surface area (Å²) in [6.07, 6.45) is 6.96. The molecule has 3 fully saturated rings. The van der Waals surface area contributed by atoms with Crippen LogP contribution in [0.4, 0.5) is 37.7 Å². The largest absolute Gasteiger partial charge is 0.496 e. The molecular formula is C90H95Br2F6N3O9. The first kappa shape index (κ1) is 83.4. The molecule has 0 amide bonds. The Bertz CT molecular complexity index is 4720. The van der Waals surface area contributed by atoms with E-state index >= 15 is 0 Å².